The van der Waals surface area contributed by atoms with Crippen molar-refractivity contribution in [3.63, 3.8) is 0 Å². The van der Waals surface area contributed by atoms with Crippen LogP contribution in [0.25, 0.3) is 0 Å². The lowest BCUT2D eigenvalue weighted by Gasteiger charge is -2.17. The van der Waals surface area contributed by atoms with E-state index in [4.69, 9.17) is 10.7 Å². The highest BCUT2D eigenvalue weighted by atomic mass is 35.7. The molecule has 11 heavy (non-hydrogen) atoms. The molecule has 0 aromatic heterocycles. The van der Waals surface area contributed by atoms with Crippen LogP contribution in [0.3, 0.4) is 0 Å². The van der Waals surface area contributed by atoms with Gasteiger partial charge in [0, 0.05) is 10.7 Å². The van der Waals surface area contributed by atoms with Crippen LogP contribution in [0.1, 0.15) is 25.7 Å². The Balaban J connectivity index is 2.15. The second-order valence-electron chi connectivity index (χ2n) is 3.60. The van der Waals surface area contributed by atoms with Gasteiger partial charge in [0.1, 0.15) is 0 Å². The number of hydrogen-bond donors (Lipinski definition) is 0. The number of halogens is 1. The summed E-state index contributed by atoms with van der Waals surface area (Å²) in [5, 5.41) is -0.220. The topological polar surface area (TPSA) is 34.1 Å². The van der Waals surface area contributed by atoms with E-state index in [2.05, 4.69) is 0 Å². The van der Waals surface area contributed by atoms with Gasteiger partial charge in [0.25, 0.3) is 0 Å². The van der Waals surface area contributed by atoms with Crippen molar-refractivity contribution in [2.24, 2.45) is 11.8 Å². The Bertz CT molecular complexity index is 260. The van der Waals surface area contributed by atoms with Crippen molar-refractivity contribution in [2.75, 3.05) is 0 Å². The van der Waals surface area contributed by atoms with Gasteiger partial charge in [-0.25, -0.2) is 8.42 Å². The fourth-order valence-electron chi connectivity index (χ4n) is 2.20. The SMILES string of the molecule is O=S(=O)(Cl)C1CCCC2CC21. The van der Waals surface area contributed by atoms with Crippen LogP contribution < -0.4 is 0 Å². The molecule has 0 bridgehead atoms. The Kier molecular flexibility index (Phi) is 1.69. The molecule has 0 spiro atoms. The fourth-order valence-corrected chi connectivity index (χ4v) is 4.07. The van der Waals surface area contributed by atoms with Gasteiger partial charge in [0.15, 0.2) is 0 Å². The quantitative estimate of drug-likeness (QED) is 0.596. The zero-order valence-corrected chi connectivity index (χ0v) is 7.74. The maximum Gasteiger partial charge on any atom is 0.235 e. The molecular weight excluding hydrogens is 184 g/mol. The second kappa shape index (κ2) is 2.36. The van der Waals surface area contributed by atoms with Gasteiger partial charge >= 0.3 is 0 Å². The molecule has 0 amide bonds. The predicted octanol–water partition coefficient (Wildman–Crippen LogP) is 1.74. The third-order valence-electron chi connectivity index (χ3n) is 2.88. The molecule has 4 heteroatoms. The first-order valence-electron chi connectivity index (χ1n) is 4.02. The van der Waals surface area contributed by atoms with Gasteiger partial charge in [-0.2, -0.15) is 0 Å². The molecule has 2 rings (SSSR count). The smallest absolute Gasteiger partial charge is 0.212 e. The van der Waals surface area contributed by atoms with Crippen LogP contribution in [0.4, 0.5) is 0 Å². The van der Waals surface area contributed by atoms with Gasteiger partial charge in [0.05, 0.1) is 5.25 Å². The van der Waals surface area contributed by atoms with E-state index in [1.807, 2.05) is 0 Å². The zero-order valence-electron chi connectivity index (χ0n) is 6.16. The van der Waals surface area contributed by atoms with Gasteiger partial charge in [-0.15, -0.1) is 0 Å². The van der Waals surface area contributed by atoms with Crippen molar-refractivity contribution < 1.29 is 8.42 Å². The summed E-state index contributed by atoms with van der Waals surface area (Å²) in [5.74, 6) is 1.09. The number of fused-ring (bicyclic) bond motifs is 1. The molecule has 2 fully saturated rings. The molecule has 0 aliphatic heterocycles. The molecule has 0 saturated heterocycles. The minimum Gasteiger partial charge on any atom is -0.212 e. The van der Waals surface area contributed by atoms with E-state index in [9.17, 15) is 8.42 Å². The molecule has 2 saturated carbocycles. The van der Waals surface area contributed by atoms with E-state index < -0.39 is 9.05 Å². The lowest BCUT2D eigenvalue weighted by atomic mass is 10.0. The highest BCUT2D eigenvalue weighted by Gasteiger charge is 2.49. The third-order valence-corrected chi connectivity index (χ3v) is 4.88. The molecule has 3 atom stereocenters. The summed E-state index contributed by atoms with van der Waals surface area (Å²) < 4.78 is 22.0. The Morgan fingerprint density at radius 2 is 2.00 bits per heavy atom. The summed E-state index contributed by atoms with van der Waals surface area (Å²) in [5.41, 5.74) is 0. The van der Waals surface area contributed by atoms with Crippen LogP contribution in [0.15, 0.2) is 0 Å². The van der Waals surface area contributed by atoms with E-state index in [-0.39, 0.29) is 5.25 Å². The highest BCUT2D eigenvalue weighted by Crippen LogP contribution is 2.52. The molecule has 0 radical (unpaired) electrons. The molecule has 2 aliphatic carbocycles. The summed E-state index contributed by atoms with van der Waals surface area (Å²) in [4.78, 5) is 0. The zero-order chi connectivity index (χ0) is 8.06. The Hall–Kier alpha value is 0.240. The first-order valence-corrected chi connectivity index (χ1v) is 6.40. The van der Waals surface area contributed by atoms with Crippen molar-refractivity contribution in [1.82, 2.24) is 0 Å². The minimum absolute atomic E-state index is 0.220. The summed E-state index contributed by atoms with van der Waals surface area (Å²) >= 11 is 0. The summed E-state index contributed by atoms with van der Waals surface area (Å²) in [6, 6.07) is 0. The van der Waals surface area contributed by atoms with Gasteiger partial charge in [0.2, 0.25) is 9.05 Å². The van der Waals surface area contributed by atoms with Crippen molar-refractivity contribution in [3.8, 4) is 0 Å². The standard InChI is InChI=1S/C7H11ClO2S/c8-11(9,10)7-3-1-2-5-4-6(5)7/h5-7H,1-4H2. The molecule has 3 unspecified atom stereocenters. The molecule has 0 N–H and O–H groups in total. The van der Waals surface area contributed by atoms with E-state index in [0.29, 0.717) is 11.8 Å². The summed E-state index contributed by atoms with van der Waals surface area (Å²) in [6.07, 6.45) is 4.13. The van der Waals surface area contributed by atoms with Gasteiger partial charge in [-0.1, -0.05) is 12.8 Å². The van der Waals surface area contributed by atoms with Crippen molar-refractivity contribution in [1.29, 1.82) is 0 Å². The average Bonchev–Trinajstić information content (AvgIpc) is 2.60. The minimum atomic E-state index is -3.26. The summed E-state index contributed by atoms with van der Waals surface area (Å²) in [6.45, 7) is 0. The van der Waals surface area contributed by atoms with Crippen molar-refractivity contribution >= 4 is 19.7 Å². The van der Waals surface area contributed by atoms with E-state index >= 15 is 0 Å². The summed E-state index contributed by atoms with van der Waals surface area (Å²) in [7, 11) is 2.04. The lowest BCUT2D eigenvalue weighted by molar-refractivity contribution is 0.470. The van der Waals surface area contributed by atoms with Gasteiger partial charge in [-0.3, -0.25) is 0 Å². The first-order chi connectivity index (χ1) is 5.09. The number of rotatable bonds is 1. The average molecular weight is 195 g/mol. The van der Waals surface area contributed by atoms with Crippen LogP contribution in [-0.4, -0.2) is 13.7 Å². The monoisotopic (exact) mass is 194 g/mol. The van der Waals surface area contributed by atoms with Crippen molar-refractivity contribution in [2.45, 2.75) is 30.9 Å². The Morgan fingerprint density at radius 3 is 2.55 bits per heavy atom. The molecule has 0 heterocycles. The first kappa shape index (κ1) is 7.87. The Morgan fingerprint density at radius 1 is 1.27 bits per heavy atom. The maximum absolute atomic E-state index is 11.0. The lowest BCUT2D eigenvalue weighted by Crippen LogP contribution is -2.22. The van der Waals surface area contributed by atoms with Crippen LogP contribution in [0, 0.1) is 11.8 Å². The molecule has 2 aliphatic rings. The molecule has 64 valence electrons. The van der Waals surface area contributed by atoms with Crippen LogP contribution >= 0.6 is 10.7 Å². The van der Waals surface area contributed by atoms with Gasteiger partial charge < -0.3 is 0 Å². The second-order valence-corrected chi connectivity index (χ2v) is 6.45. The molecular formula is C7H11ClO2S. The Labute approximate surface area is 71.3 Å². The van der Waals surface area contributed by atoms with Crippen LogP contribution in [0.5, 0.6) is 0 Å². The van der Waals surface area contributed by atoms with E-state index in [1.54, 1.807) is 0 Å². The highest BCUT2D eigenvalue weighted by molar-refractivity contribution is 8.14. The molecule has 2 nitrogen and oxygen atoms in total. The van der Waals surface area contributed by atoms with Gasteiger partial charge in [-0.05, 0) is 24.7 Å². The van der Waals surface area contributed by atoms with Crippen molar-refractivity contribution in [3.05, 3.63) is 0 Å². The third kappa shape index (κ3) is 1.41. The fraction of sp³-hybridized carbons (Fsp3) is 1.00. The molecule has 0 aromatic rings. The van der Waals surface area contributed by atoms with Crippen LogP contribution in [0.2, 0.25) is 0 Å². The maximum atomic E-state index is 11.0. The largest absolute Gasteiger partial charge is 0.235 e. The van der Waals surface area contributed by atoms with E-state index in [1.165, 1.54) is 6.42 Å². The van der Waals surface area contributed by atoms with Crippen LogP contribution in [-0.2, 0) is 9.05 Å². The number of hydrogen-bond acceptors (Lipinski definition) is 2. The normalized spacial score (nSPS) is 43.2. The predicted molar refractivity (Wildman–Crippen MR) is 44.0 cm³/mol. The molecule has 0 aromatic carbocycles. The van der Waals surface area contributed by atoms with E-state index in [0.717, 1.165) is 19.3 Å².